The first kappa shape index (κ1) is 14.2. The number of anilines is 1. The third-order valence-corrected chi connectivity index (χ3v) is 3.54. The average Bonchev–Trinajstić information content (AvgIpc) is 2.99. The molecule has 3 rings (SSSR count). The van der Waals surface area contributed by atoms with Crippen LogP contribution >= 0.6 is 0 Å². The molecule has 1 amide bonds. The van der Waals surface area contributed by atoms with E-state index in [9.17, 15) is 4.79 Å². The van der Waals surface area contributed by atoms with Crippen molar-refractivity contribution in [2.24, 2.45) is 0 Å². The summed E-state index contributed by atoms with van der Waals surface area (Å²) in [6, 6.07) is 15.0. The third kappa shape index (κ3) is 2.68. The van der Waals surface area contributed by atoms with E-state index in [0.29, 0.717) is 11.3 Å². The smallest absolute Gasteiger partial charge is 0.291 e. The second kappa shape index (κ2) is 5.93. The molecule has 0 aliphatic rings. The number of hydrogen-bond donors (Lipinski definition) is 1. The maximum absolute atomic E-state index is 12.3. The second-order valence-corrected chi connectivity index (χ2v) is 5.00. The van der Waals surface area contributed by atoms with Crippen molar-refractivity contribution in [1.29, 1.82) is 0 Å². The van der Waals surface area contributed by atoms with Crippen molar-refractivity contribution in [3.05, 3.63) is 59.9 Å². The Bertz CT molecular complexity index is 820. The minimum absolute atomic E-state index is 0.265. The van der Waals surface area contributed by atoms with Crippen LogP contribution in [0.3, 0.4) is 0 Å². The van der Waals surface area contributed by atoms with Gasteiger partial charge < -0.3 is 14.5 Å². The van der Waals surface area contributed by atoms with Gasteiger partial charge in [0.2, 0.25) is 0 Å². The highest BCUT2D eigenvalue weighted by atomic mass is 16.5. The fraction of sp³-hybridized carbons (Fsp3) is 0.167. The van der Waals surface area contributed by atoms with Crippen LogP contribution in [0.1, 0.15) is 23.0 Å². The number of hydrogen-bond acceptors (Lipinski definition) is 3. The van der Waals surface area contributed by atoms with Crippen LogP contribution < -0.4 is 10.1 Å². The van der Waals surface area contributed by atoms with Gasteiger partial charge in [-0.2, -0.15) is 0 Å². The molecule has 0 spiro atoms. The van der Waals surface area contributed by atoms with E-state index < -0.39 is 0 Å². The van der Waals surface area contributed by atoms with Gasteiger partial charge in [0.05, 0.1) is 7.11 Å². The molecular weight excluding hydrogens is 278 g/mol. The number of carbonyl (C=O) groups is 1. The summed E-state index contributed by atoms with van der Waals surface area (Å²) in [4.78, 5) is 12.3. The van der Waals surface area contributed by atoms with E-state index in [-0.39, 0.29) is 11.7 Å². The van der Waals surface area contributed by atoms with Gasteiger partial charge >= 0.3 is 0 Å². The van der Waals surface area contributed by atoms with Crippen molar-refractivity contribution in [2.75, 3.05) is 12.4 Å². The fourth-order valence-corrected chi connectivity index (χ4v) is 2.37. The number of para-hydroxylation sites is 1. The summed E-state index contributed by atoms with van der Waals surface area (Å²) >= 11 is 0. The molecule has 112 valence electrons. The number of methoxy groups -OCH3 is 1. The number of carbonyl (C=O) groups excluding carboxylic acids is 1. The van der Waals surface area contributed by atoms with Crippen LogP contribution in [0, 0.1) is 0 Å². The van der Waals surface area contributed by atoms with Gasteiger partial charge in [0.1, 0.15) is 0 Å². The van der Waals surface area contributed by atoms with E-state index in [1.807, 2.05) is 36.4 Å². The predicted molar refractivity (Wildman–Crippen MR) is 86.5 cm³/mol. The Labute approximate surface area is 128 Å². The molecule has 0 atom stereocenters. The first-order valence-electron chi connectivity index (χ1n) is 7.18. The summed E-state index contributed by atoms with van der Waals surface area (Å²) < 4.78 is 10.9. The fourth-order valence-electron chi connectivity index (χ4n) is 2.37. The number of nitrogens with one attached hydrogen (secondary N) is 1. The van der Waals surface area contributed by atoms with E-state index in [1.54, 1.807) is 19.2 Å². The Morgan fingerprint density at radius 1 is 1.18 bits per heavy atom. The van der Waals surface area contributed by atoms with Crippen molar-refractivity contribution in [3.8, 4) is 5.75 Å². The maximum Gasteiger partial charge on any atom is 0.291 e. The monoisotopic (exact) mass is 295 g/mol. The van der Waals surface area contributed by atoms with E-state index >= 15 is 0 Å². The number of aryl methyl sites for hydroxylation is 1. The summed E-state index contributed by atoms with van der Waals surface area (Å²) in [7, 11) is 1.58. The predicted octanol–water partition coefficient (Wildman–Crippen LogP) is 4.26. The molecule has 1 heterocycles. The van der Waals surface area contributed by atoms with Gasteiger partial charge in [-0.05, 0) is 36.2 Å². The second-order valence-electron chi connectivity index (χ2n) is 5.00. The summed E-state index contributed by atoms with van der Waals surface area (Å²) in [6.07, 6.45) is 0.922. The first-order valence-corrected chi connectivity index (χ1v) is 7.18. The van der Waals surface area contributed by atoms with Crippen molar-refractivity contribution in [2.45, 2.75) is 13.3 Å². The Morgan fingerprint density at radius 3 is 2.77 bits per heavy atom. The molecule has 2 aromatic carbocycles. The summed E-state index contributed by atoms with van der Waals surface area (Å²) in [5.41, 5.74) is 2.51. The third-order valence-electron chi connectivity index (χ3n) is 3.54. The van der Waals surface area contributed by atoms with Crippen LogP contribution in [0.5, 0.6) is 5.75 Å². The van der Waals surface area contributed by atoms with Gasteiger partial charge in [-0.1, -0.05) is 31.2 Å². The van der Waals surface area contributed by atoms with E-state index in [2.05, 4.69) is 12.2 Å². The van der Waals surface area contributed by atoms with Gasteiger partial charge in [-0.25, -0.2) is 0 Å². The zero-order valence-electron chi connectivity index (χ0n) is 12.6. The Hall–Kier alpha value is -2.75. The molecule has 0 fully saturated rings. The highest BCUT2D eigenvalue weighted by Gasteiger charge is 2.15. The topological polar surface area (TPSA) is 51.5 Å². The number of furan rings is 1. The molecule has 4 heteroatoms. The molecule has 0 aliphatic carbocycles. The van der Waals surface area contributed by atoms with E-state index in [0.717, 1.165) is 17.5 Å². The van der Waals surface area contributed by atoms with Crippen molar-refractivity contribution in [3.63, 3.8) is 0 Å². The highest BCUT2D eigenvalue weighted by molar-refractivity contribution is 6.05. The largest absolute Gasteiger partial charge is 0.493 e. The van der Waals surface area contributed by atoms with Crippen LogP contribution in [0.25, 0.3) is 11.0 Å². The van der Waals surface area contributed by atoms with Crippen LogP contribution in [0.2, 0.25) is 0 Å². The first-order chi connectivity index (χ1) is 10.7. The SMILES string of the molecule is CCc1cccc(NC(=O)c2cc3cccc(OC)c3o2)c1. The zero-order chi connectivity index (χ0) is 15.5. The standard InChI is InChI=1S/C18H17NO3/c1-3-12-6-4-8-14(10-12)19-18(20)16-11-13-7-5-9-15(21-2)17(13)22-16/h4-11H,3H2,1-2H3,(H,19,20). The van der Waals surface area contributed by atoms with Crippen molar-refractivity contribution in [1.82, 2.24) is 0 Å². The number of rotatable bonds is 4. The molecule has 22 heavy (non-hydrogen) atoms. The maximum atomic E-state index is 12.3. The summed E-state index contributed by atoms with van der Waals surface area (Å²) in [5, 5.41) is 3.70. The molecule has 0 aliphatic heterocycles. The molecule has 0 radical (unpaired) electrons. The van der Waals surface area contributed by atoms with Crippen molar-refractivity contribution >= 4 is 22.6 Å². The van der Waals surface area contributed by atoms with Gasteiger partial charge in [0, 0.05) is 11.1 Å². The lowest BCUT2D eigenvalue weighted by Gasteiger charge is -2.04. The zero-order valence-corrected chi connectivity index (χ0v) is 12.6. The number of benzene rings is 2. The minimum atomic E-state index is -0.272. The molecule has 1 aromatic heterocycles. The van der Waals surface area contributed by atoms with E-state index in [1.165, 1.54) is 5.56 Å². The quantitative estimate of drug-likeness (QED) is 0.782. The Kier molecular flexibility index (Phi) is 3.83. The number of fused-ring (bicyclic) bond motifs is 1. The van der Waals surface area contributed by atoms with E-state index in [4.69, 9.17) is 9.15 Å². The minimum Gasteiger partial charge on any atom is -0.493 e. The van der Waals surface area contributed by atoms with Gasteiger partial charge in [-0.15, -0.1) is 0 Å². The molecule has 0 saturated carbocycles. The number of amides is 1. The summed E-state index contributed by atoms with van der Waals surface area (Å²) in [5.74, 6) is 0.609. The molecule has 4 nitrogen and oxygen atoms in total. The molecule has 3 aromatic rings. The average molecular weight is 295 g/mol. The lowest BCUT2D eigenvalue weighted by Crippen LogP contribution is -2.10. The number of ether oxygens (including phenoxy) is 1. The summed E-state index contributed by atoms with van der Waals surface area (Å²) in [6.45, 7) is 2.08. The lowest BCUT2D eigenvalue weighted by molar-refractivity contribution is 0.0998. The van der Waals surface area contributed by atoms with Crippen LogP contribution in [-0.4, -0.2) is 13.0 Å². The Balaban J connectivity index is 1.88. The van der Waals surface area contributed by atoms with Crippen LogP contribution in [-0.2, 0) is 6.42 Å². The molecule has 0 saturated heterocycles. The van der Waals surface area contributed by atoms with Crippen molar-refractivity contribution < 1.29 is 13.9 Å². The normalized spacial score (nSPS) is 10.6. The van der Waals surface area contributed by atoms with Gasteiger partial charge in [-0.3, -0.25) is 4.79 Å². The molecule has 0 unspecified atom stereocenters. The van der Waals surface area contributed by atoms with Gasteiger partial charge in [0.25, 0.3) is 5.91 Å². The molecule has 0 bridgehead atoms. The highest BCUT2D eigenvalue weighted by Crippen LogP contribution is 2.28. The molecular formula is C18H17NO3. The van der Waals surface area contributed by atoms with Crippen LogP contribution in [0.4, 0.5) is 5.69 Å². The lowest BCUT2D eigenvalue weighted by atomic mass is 10.1. The Morgan fingerprint density at radius 2 is 2.00 bits per heavy atom. The molecule has 1 N–H and O–H groups in total. The van der Waals surface area contributed by atoms with Crippen LogP contribution in [0.15, 0.2) is 52.9 Å². The van der Waals surface area contributed by atoms with Gasteiger partial charge in [0.15, 0.2) is 17.1 Å².